The summed E-state index contributed by atoms with van der Waals surface area (Å²) in [6, 6.07) is 0. The molecule has 408 valence electrons. The Morgan fingerprint density at radius 2 is 0.471 bits per heavy atom. The van der Waals surface area contributed by atoms with E-state index in [1.54, 1.807) is 0 Å². The molecule has 0 radical (unpaired) electrons. The highest BCUT2D eigenvalue weighted by Gasteiger charge is 2.16. The first-order valence-electron chi connectivity index (χ1n) is 31.9. The SMILES string of the molecule is CCCCCCCCCCCCCCCCCCC(CCCCCCCCCCCC)C(=O)O.CCCCCCCCCCCCCCCCCCOC(=O)CCCCCCCCCCCCC. The van der Waals surface area contributed by atoms with Crippen LogP contribution in [-0.2, 0) is 14.3 Å². The van der Waals surface area contributed by atoms with Crippen LogP contribution in [0.4, 0.5) is 0 Å². The summed E-state index contributed by atoms with van der Waals surface area (Å²) in [6.07, 6.45) is 74.2. The van der Waals surface area contributed by atoms with Crippen LogP contribution in [0.5, 0.6) is 0 Å². The van der Waals surface area contributed by atoms with Crippen LogP contribution in [0.1, 0.15) is 387 Å². The van der Waals surface area contributed by atoms with Crippen LogP contribution in [0.25, 0.3) is 0 Å². The second kappa shape index (κ2) is 64.0. The highest BCUT2D eigenvalue weighted by molar-refractivity contribution is 5.70. The minimum absolute atomic E-state index is 0.0249. The van der Waals surface area contributed by atoms with Gasteiger partial charge in [0.2, 0.25) is 0 Å². The van der Waals surface area contributed by atoms with Crippen LogP contribution in [0, 0.1) is 5.92 Å². The molecular weight excluding hydrogens is 833 g/mol. The Bertz CT molecular complexity index is 916. The Morgan fingerprint density at radius 1 is 0.279 bits per heavy atom. The fraction of sp³-hybridized carbons (Fsp3) is 0.969. The summed E-state index contributed by atoms with van der Waals surface area (Å²) in [5.74, 6) is -0.630. The minimum atomic E-state index is -0.558. The summed E-state index contributed by atoms with van der Waals surface area (Å²) in [5.41, 5.74) is 0. The fourth-order valence-electron chi connectivity index (χ4n) is 10.1. The summed E-state index contributed by atoms with van der Waals surface area (Å²) in [6.45, 7) is 9.75. The average molecular weight is 962 g/mol. The highest BCUT2D eigenvalue weighted by atomic mass is 16.5. The summed E-state index contributed by atoms with van der Waals surface area (Å²) in [5, 5.41) is 9.54. The molecule has 0 heterocycles. The number of hydrogen-bond acceptors (Lipinski definition) is 3. The van der Waals surface area contributed by atoms with Crippen LogP contribution in [0.15, 0.2) is 0 Å². The van der Waals surface area contributed by atoms with E-state index in [4.69, 9.17) is 4.74 Å². The maximum Gasteiger partial charge on any atom is 0.306 e. The van der Waals surface area contributed by atoms with Crippen LogP contribution >= 0.6 is 0 Å². The largest absolute Gasteiger partial charge is 0.481 e. The van der Waals surface area contributed by atoms with E-state index in [9.17, 15) is 14.7 Å². The van der Waals surface area contributed by atoms with Gasteiger partial charge in [-0.2, -0.15) is 0 Å². The zero-order valence-electron chi connectivity index (χ0n) is 47.6. The lowest BCUT2D eigenvalue weighted by Gasteiger charge is -2.12. The van der Waals surface area contributed by atoms with Gasteiger partial charge in [0, 0.05) is 6.42 Å². The molecule has 68 heavy (non-hydrogen) atoms. The number of esters is 1. The Kier molecular flexibility index (Phi) is 64.9. The average Bonchev–Trinajstić information content (AvgIpc) is 3.34. The van der Waals surface area contributed by atoms with Crippen LogP contribution < -0.4 is 0 Å². The van der Waals surface area contributed by atoms with E-state index in [-0.39, 0.29) is 11.9 Å². The number of carboxylic acid groups (broad SMARTS) is 1. The van der Waals surface area contributed by atoms with Crippen molar-refractivity contribution in [3.63, 3.8) is 0 Å². The smallest absolute Gasteiger partial charge is 0.306 e. The van der Waals surface area contributed by atoms with Gasteiger partial charge in [0.25, 0.3) is 0 Å². The van der Waals surface area contributed by atoms with Gasteiger partial charge < -0.3 is 9.84 Å². The number of carboxylic acids is 1. The Morgan fingerprint density at radius 3 is 0.691 bits per heavy atom. The molecule has 0 aromatic heterocycles. The van der Waals surface area contributed by atoms with Crippen molar-refractivity contribution in [3.05, 3.63) is 0 Å². The number of ether oxygens (including phenoxy) is 1. The standard InChI is InChI=1S/2C32H64O2/c1-3-5-7-9-11-13-15-16-17-18-19-20-22-24-26-28-30-31(32(33)34)29-27-25-23-21-14-12-10-8-6-4-2;1-3-5-7-9-11-13-15-16-17-18-19-21-23-25-27-29-31-34-32(33)30-28-26-24-22-20-14-12-10-8-6-4-2/h31H,3-30H2,1-2H3,(H,33,34);3-31H2,1-2H3. The van der Waals surface area contributed by atoms with Gasteiger partial charge >= 0.3 is 11.9 Å². The van der Waals surface area contributed by atoms with E-state index < -0.39 is 5.97 Å². The summed E-state index contributed by atoms with van der Waals surface area (Å²) in [7, 11) is 0. The van der Waals surface area contributed by atoms with E-state index in [0.717, 1.165) is 38.5 Å². The molecule has 0 saturated carbocycles. The zero-order valence-corrected chi connectivity index (χ0v) is 47.6. The van der Waals surface area contributed by atoms with Crippen LogP contribution in [-0.4, -0.2) is 23.7 Å². The van der Waals surface area contributed by atoms with Gasteiger partial charge in [0.15, 0.2) is 0 Å². The number of carbonyl (C=O) groups is 2. The van der Waals surface area contributed by atoms with Gasteiger partial charge in [-0.3, -0.25) is 9.59 Å². The third-order valence-corrected chi connectivity index (χ3v) is 14.9. The molecule has 0 aromatic carbocycles. The molecule has 0 aromatic rings. The van der Waals surface area contributed by atoms with Crippen molar-refractivity contribution < 1.29 is 19.4 Å². The first kappa shape index (κ1) is 69.0. The highest BCUT2D eigenvalue weighted by Crippen LogP contribution is 2.21. The van der Waals surface area contributed by atoms with Crippen molar-refractivity contribution in [3.8, 4) is 0 Å². The first-order chi connectivity index (χ1) is 33.5. The molecule has 4 heteroatoms. The Hall–Kier alpha value is -1.06. The lowest BCUT2D eigenvalue weighted by atomic mass is 9.94. The number of hydrogen-bond donors (Lipinski definition) is 1. The zero-order chi connectivity index (χ0) is 49.7. The molecule has 0 amide bonds. The Balaban J connectivity index is 0. The van der Waals surface area contributed by atoms with E-state index in [1.165, 1.54) is 315 Å². The number of unbranched alkanes of at least 4 members (excludes halogenated alkanes) is 49. The van der Waals surface area contributed by atoms with Gasteiger partial charge in [0.1, 0.15) is 0 Å². The van der Waals surface area contributed by atoms with Crippen molar-refractivity contribution in [1.29, 1.82) is 0 Å². The van der Waals surface area contributed by atoms with Crippen molar-refractivity contribution in [2.45, 2.75) is 387 Å². The van der Waals surface area contributed by atoms with Crippen molar-refractivity contribution in [2.24, 2.45) is 5.92 Å². The van der Waals surface area contributed by atoms with Gasteiger partial charge in [-0.05, 0) is 25.7 Å². The van der Waals surface area contributed by atoms with Gasteiger partial charge in [0.05, 0.1) is 12.5 Å². The quantitative estimate of drug-likeness (QED) is 0.0487. The van der Waals surface area contributed by atoms with Crippen LogP contribution in [0.3, 0.4) is 0 Å². The number of carbonyl (C=O) groups excluding carboxylic acids is 1. The molecule has 0 aliphatic carbocycles. The molecule has 0 rings (SSSR count). The summed E-state index contributed by atoms with van der Waals surface area (Å²) >= 11 is 0. The number of aliphatic carboxylic acids is 1. The molecule has 0 aliphatic heterocycles. The van der Waals surface area contributed by atoms with E-state index in [2.05, 4.69) is 27.7 Å². The summed E-state index contributed by atoms with van der Waals surface area (Å²) in [4.78, 5) is 23.4. The van der Waals surface area contributed by atoms with Crippen molar-refractivity contribution in [2.75, 3.05) is 6.61 Å². The monoisotopic (exact) mass is 961 g/mol. The molecule has 0 fully saturated rings. The third kappa shape index (κ3) is 63.0. The fourth-order valence-corrected chi connectivity index (χ4v) is 10.1. The second-order valence-electron chi connectivity index (χ2n) is 21.9. The molecule has 0 spiro atoms. The molecular formula is C64H128O4. The third-order valence-electron chi connectivity index (χ3n) is 14.9. The van der Waals surface area contributed by atoms with E-state index in [0.29, 0.717) is 13.0 Å². The maximum atomic E-state index is 11.8. The van der Waals surface area contributed by atoms with Crippen molar-refractivity contribution in [1.82, 2.24) is 0 Å². The van der Waals surface area contributed by atoms with Crippen molar-refractivity contribution >= 4 is 11.9 Å². The van der Waals surface area contributed by atoms with E-state index >= 15 is 0 Å². The molecule has 1 unspecified atom stereocenters. The van der Waals surface area contributed by atoms with Gasteiger partial charge in [-0.25, -0.2) is 0 Å². The molecule has 1 N–H and O–H groups in total. The topological polar surface area (TPSA) is 63.6 Å². The predicted octanol–water partition coefficient (Wildman–Crippen LogP) is 23.1. The second-order valence-corrected chi connectivity index (χ2v) is 21.9. The molecule has 0 bridgehead atoms. The number of rotatable bonds is 58. The minimum Gasteiger partial charge on any atom is -0.481 e. The van der Waals surface area contributed by atoms with Gasteiger partial charge in [-0.1, -0.05) is 355 Å². The molecule has 0 saturated heterocycles. The maximum absolute atomic E-state index is 11.8. The first-order valence-corrected chi connectivity index (χ1v) is 31.9. The predicted molar refractivity (Wildman–Crippen MR) is 303 cm³/mol. The van der Waals surface area contributed by atoms with Gasteiger partial charge in [-0.15, -0.1) is 0 Å². The van der Waals surface area contributed by atoms with Crippen LogP contribution in [0.2, 0.25) is 0 Å². The summed E-state index contributed by atoms with van der Waals surface area (Å²) < 4.78 is 5.41. The molecule has 1 atom stereocenters. The molecule has 4 nitrogen and oxygen atoms in total. The normalized spacial score (nSPS) is 11.8. The lowest BCUT2D eigenvalue weighted by Crippen LogP contribution is -2.13. The van der Waals surface area contributed by atoms with E-state index in [1.807, 2.05) is 0 Å². The molecule has 0 aliphatic rings. The lowest BCUT2D eigenvalue weighted by molar-refractivity contribution is -0.144. The Labute approximate surface area is 429 Å².